The molecule has 0 unspecified atom stereocenters. The lowest BCUT2D eigenvalue weighted by Gasteiger charge is -1.81. The van der Waals surface area contributed by atoms with Crippen LogP contribution in [0.25, 0.3) is 0 Å². The molecule has 0 amide bonds. The van der Waals surface area contributed by atoms with E-state index >= 15 is 0 Å². The predicted molar refractivity (Wildman–Crippen MR) is 30.9 cm³/mol. The van der Waals surface area contributed by atoms with Gasteiger partial charge in [0.05, 0.1) is 0 Å². The molecule has 1 heteroatoms. The molecule has 0 aliphatic carbocycles. The molecular weight excluding hydrogens is 86.1 g/mol. The Balaban J connectivity index is 2.17. The van der Waals surface area contributed by atoms with Crippen LogP contribution in [0.15, 0.2) is 24.9 Å². The van der Waals surface area contributed by atoms with Gasteiger partial charge in [-0.1, -0.05) is 12.7 Å². The van der Waals surface area contributed by atoms with Gasteiger partial charge in [-0.15, -0.1) is 0 Å². The monoisotopic (exact) mass is 95.1 g/mol. The lowest BCUT2D eigenvalue weighted by Crippen LogP contribution is -1.76. The van der Waals surface area contributed by atoms with Crippen LogP contribution in [0.1, 0.15) is 0 Å². The number of allylic oxidation sites excluding steroid dienone is 2. The maximum Gasteiger partial charge on any atom is 0.0349 e. The Kier molecular flexibility index (Phi) is 1.16. The zero-order chi connectivity index (χ0) is 5.11. The van der Waals surface area contributed by atoms with Gasteiger partial charge in [-0.05, 0) is 12.3 Å². The third-order valence-electron chi connectivity index (χ3n) is 0.915. The van der Waals surface area contributed by atoms with Crippen molar-refractivity contribution in [1.29, 1.82) is 0 Å². The summed E-state index contributed by atoms with van der Waals surface area (Å²) in [7, 11) is 0. The Morgan fingerprint density at radius 2 is 2.14 bits per heavy atom. The van der Waals surface area contributed by atoms with E-state index in [0.717, 1.165) is 0 Å². The Labute approximate surface area is 43.9 Å². The van der Waals surface area contributed by atoms with Crippen molar-refractivity contribution in [3.63, 3.8) is 0 Å². The number of rotatable bonds is 2. The first kappa shape index (κ1) is 4.44. The van der Waals surface area contributed by atoms with Gasteiger partial charge in [0.1, 0.15) is 0 Å². The van der Waals surface area contributed by atoms with Crippen molar-refractivity contribution >= 4 is 0 Å². The molecule has 0 aromatic rings. The second-order valence-corrected chi connectivity index (χ2v) is 1.61. The first-order chi connectivity index (χ1) is 3.43. The molecule has 0 bridgehead atoms. The van der Waals surface area contributed by atoms with E-state index in [-0.39, 0.29) is 0 Å². The normalized spacial score (nSPS) is 18.0. The van der Waals surface area contributed by atoms with E-state index in [1.807, 2.05) is 12.3 Å². The Hall–Kier alpha value is -0.720. The van der Waals surface area contributed by atoms with Crippen molar-refractivity contribution in [2.45, 2.75) is 0 Å². The molecule has 1 heterocycles. The molecule has 1 aliphatic heterocycles. The van der Waals surface area contributed by atoms with Crippen LogP contribution in [0.2, 0.25) is 0 Å². The second kappa shape index (κ2) is 1.82. The maximum atomic E-state index is 3.55. The van der Waals surface area contributed by atoms with Gasteiger partial charge < -0.3 is 4.90 Å². The van der Waals surface area contributed by atoms with E-state index < -0.39 is 0 Å². The first-order valence-corrected chi connectivity index (χ1v) is 2.47. The minimum Gasteiger partial charge on any atom is -0.374 e. The van der Waals surface area contributed by atoms with Gasteiger partial charge in [0, 0.05) is 13.1 Å². The highest BCUT2D eigenvalue weighted by Gasteiger charge is 2.09. The van der Waals surface area contributed by atoms with Crippen LogP contribution in [0.4, 0.5) is 0 Å². The van der Waals surface area contributed by atoms with Crippen LogP contribution >= 0.6 is 0 Å². The number of nitrogens with zero attached hydrogens (tertiary/aromatic N) is 1. The van der Waals surface area contributed by atoms with Crippen molar-refractivity contribution in [3.05, 3.63) is 24.9 Å². The third-order valence-corrected chi connectivity index (χ3v) is 0.915. The summed E-state index contributed by atoms with van der Waals surface area (Å²) in [6.07, 6.45) is 5.79. The van der Waals surface area contributed by atoms with Gasteiger partial charge in [-0.25, -0.2) is 0 Å². The minimum atomic E-state index is 1.23. The average molecular weight is 95.1 g/mol. The summed E-state index contributed by atoms with van der Waals surface area (Å²) in [5.41, 5.74) is 0. The van der Waals surface area contributed by atoms with Crippen LogP contribution in [0.5, 0.6) is 0 Å². The maximum absolute atomic E-state index is 3.55. The van der Waals surface area contributed by atoms with Crippen LogP contribution in [-0.4, -0.2) is 18.0 Å². The fraction of sp³-hybridized carbons (Fsp3) is 0.333. The number of hydrogen-bond donors (Lipinski definition) is 0. The van der Waals surface area contributed by atoms with Gasteiger partial charge in [0.15, 0.2) is 0 Å². The van der Waals surface area contributed by atoms with Crippen LogP contribution in [0.3, 0.4) is 0 Å². The molecule has 1 aliphatic rings. The molecule has 38 valence electrons. The topological polar surface area (TPSA) is 3.01 Å². The van der Waals surface area contributed by atoms with Crippen molar-refractivity contribution < 1.29 is 0 Å². The molecule has 0 aromatic carbocycles. The molecule has 0 atom stereocenters. The molecule has 0 radical (unpaired) electrons. The molecule has 1 nitrogen and oxygen atoms in total. The summed E-state index contributed by atoms with van der Waals surface area (Å²) < 4.78 is 0. The Morgan fingerprint density at radius 3 is 2.57 bits per heavy atom. The van der Waals surface area contributed by atoms with E-state index in [1.54, 1.807) is 6.08 Å². The first-order valence-electron chi connectivity index (χ1n) is 2.47. The highest BCUT2D eigenvalue weighted by molar-refractivity contribution is 5.00. The van der Waals surface area contributed by atoms with Crippen LogP contribution in [0, 0.1) is 0 Å². The lowest BCUT2D eigenvalue weighted by atomic mass is 10.6. The summed E-state index contributed by atoms with van der Waals surface area (Å²) in [4.78, 5) is 2.21. The van der Waals surface area contributed by atoms with E-state index in [1.165, 1.54) is 13.1 Å². The zero-order valence-electron chi connectivity index (χ0n) is 4.30. The van der Waals surface area contributed by atoms with Gasteiger partial charge in [-0.3, -0.25) is 0 Å². The minimum absolute atomic E-state index is 1.23. The molecule has 0 aromatic heterocycles. The fourth-order valence-electron chi connectivity index (χ4n) is 0.389. The molecule has 1 saturated heterocycles. The summed E-state index contributed by atoms with van der Waals surface area (Å²) in [5.74, 6) is 0. The zero-order valence-corrected chi connectivity index (χ0v) is 4.30. The van der Waals surface area contributed by atoms with Crippen molar-refractivity contribution in [2.75, 3.05) is 13.1 Å². The summed E-state index contributed by atoms with van der Waals surface area (Å²) in [6.45, 7) is 6.00. The predicted octanol–water partition coefficient (Wildman–Crippen LogP) is 1.00. The molecule has 0 N–H and O–H groups in total. The summed E-state index contributed by atoms with van der Waals surface area (Å²) in [5, 5.41) is 0. The molecule has 7 heavy (non-hydrogen) atoms. The van der Waals surface area contributed by atoms with E-state index in [2.05, 4.69) is 11.5 Å². The van der Waals surface area contributed by atoms with Gasteiger partial charge in [0.2, 0.25) is 0 Å². The van der Waals surface area contributed by atoms with Crippen LogP contribution in [-0.2, 0) is 0 Å². The highest BCUT2D eigenvalue weighted by Crippen LogP contribution is 2.02. The Morgan fingerprint density at radius 1 is 1.43 bits per heavy atom. The molecular formula is C6H9N. The second-order valence-electron chi connectivity index (χ2n) is 1.61. The Bertz CT molecular complexity index is 90.4. The van der Waals surface area contributed by atoms with E-state index in [4.69, 9.17) is 0 Å². The van der Waals surface area contributed by atoms with Crippen LogP contribution < -0.4 is 0 Å². The quantitative estimate of drug-likeness (QED) is 0.365. The van der Waals surface area contributed by atoms with Crippen molar-refractivity contribution in [3.8, 4) is 0 Å². The van der Waals surface area contributed by atoms with Gasteiger partial charge in [0.25, 0.3) is 0 Å². The molecule has 0 spiro atoms. The largest absolute Gasteiger partial charge is 0.374 e. The molecule has 1 fully saturated rings. The summed E-state index contributed by atoms with van der Waals surface area (Å²) >= 11 is 0. The number of hydrogen-bond acceptors (Lipinski definition) is 1. The van der Waals surface area contributed by atoms with E-state index in [9.17, 15) is 0 Å². The SMILES string of the molecule is C=CC=CN1CC1. The van der Waals surface area contributed by atoms with Crippen molar-refractivity contribution in [1.82, 2.24) is 4.90 Å². The van der Waals surface area contributed by atoms with Gasteiger partial charge in [-0.2, -0.15) is 0 Å². The van der Waals surface area contributed by atoms with Crippen molar-refractivity contribution in [2.24, 2.45) is 0 Å². The molecule has 1 rings (SSSR count). The fourth-order valence-corrected chi connectivity index (χ4v) is 0.389. The summed E-state index contributed by atoms with van der Waals surface area (Å²) in [6, 6.07) is 0. The highest BCUT2D eigenvalue weighted by atomic mass is 15.2. The van der Waals surface area contributed by atoms with Gasteiger partial charge >= 0.3 is 0 Å². The standard InChI is InChI=1S/C6H9N/c1-2-3-4-7-5-6-7/h2-4H,1,5-6H2. The van der Waals surface area contributed by atoms with E-state index in [0.29, 0.717) is 0 Å². The average Bonchev–Trinajstić information content (AvgIpc) is 2.42. The third kappa shape index (κ3) is 1.44. The smallest absolute Gasteiger partial charge is 0.0349 e. The lowest BCUT2D eigenvalue weighted by molar-refractivity contribution is 0.773. The molecule has 0 saturated carbocycles.